The smallest absolute Gasteiger partial charge is 0.135 e. The highest BCUT2D eigenvalue weighted by Gasteiger charge is 2.12. The van der Waals surface area contributed by atoms with E-state index >= 15 is 0 Å². The summed E-state index contributed by atoms with van der Waals surface area (Å²) in [4.78, 5) is 6.13. The van der Waals surface area contributed by atoms with E-state index in [2.05, 4.69) is 11.1 Å². The zero-order valence-electron chi connectivity index (χ0n) is 8.06. The maximum absolute atomic E-state index is 8.92. The zero-order chi connectivity index (χ0) is 10.7. The lowest BCUT2D eigenvalue weighted by Crippen LogP contribution is -1.89. The van der Waals surface area contributed by atoms with Crippen LogP contribution in [-0.2, 0) is 11.3 Å². The van der Waals surface area contributed by atoms with Gasteiger partial charge < -0.3 is 4.74 Å². The molecule has 0 aliphatic carbocycles. The van der Waals surface area contributed by atoms with E-state index in [0.29, 0.717) is 11.5 Å². The van der Waals surface area contributed by atoms with Gasteiger partial charge in [0.1, 0.15) is 16.0 Å². The lowest BCUT2D eigenvalue weighted by molar-refractivity contribution is 0.182. The molecule has 0 amide bonds. The summed E-state index contributed by atoms with van der Waals surface area (Å²) in [5, 5.41) is 11.8. The fourth-order valence-electron chi connectivity index (χ4n) is 1.18. The number of nitriles is 1. The SMILES string of the molecule is COCc1nc(-c2cccs2)sc1C#N. The molecule has 0 aliphatic heterocycles. The van der Waals surface area contributed by atoms with Crippen molar-refractivity contribution >= 4 is 22.7 Å². The largest absolute Gasteiger partial charge is 0.378 e. The summed E-state index contributed by atoms with van der Waals surface area (Å²) in [7, 11) is 1.60. The molecule has 0 radical (unpaired) electrons. The number of hydrogen-bond donors (Lipinski definition) is 0. The topological polar surface area (TPSA) is 45.9 Å². The first-order valence-electron chi connectivity index (χ1n) is 4.27. The Morgan fingerprint density at radius 1 is 1.60 bits per heavy atom. The molecule has 2 aromatic heterocycles. The van der Waals surface area contributed by atoms with E-state index in [9.17, 15) is 0 Å². The molecule has 0 fully saturated rings. The van der Waals surface area contributed by atoms with Crippen molar-refractivity contribution in [1.29, 1.82) is 5.26 Å². The second kappa shape index (κ2) is 4.53. The van der Waals surface area contributed by atoms with E-state index in [1.54, 1.807) is 18.4 Å². The van der Waals surface area contributed by atoms with Gasteiger partial charge in [-0.05, 0) is 11.4 Å². The summed E-state index contributed by atoms with van der Waals surface area (Å²) in [5.74, 6) is 0. The van der Waals surface area contributed by atoms with Gasteiger partial charge in [-0.15, -0.1) is 22.7 Å². The molecule has 0 aromatic carbocycles. The van der Waals surface area contributed by atoms with Gasteiger partial charge in [0.15, 0.2) is 0 Å². The molecule has 0 N–H and O–H groups in total. The Bertz CT molecular complexity index is 482. The summed E-state index contributed by atoms with van der Waals surface area (Å²) in [6.07, 6.45) is 0. The van der Waals surface area contributed by atoms with Gasteiger partial charge in [-0.25, -0.2) is 4.98 Å². The van der Waals surface area contributed by atoms with Gasteiger partial charge in [-0.1, -0.05) is 6.07 Å². The molecule has 76 valence electrons. The van der Waals surface area contributed by atoms with E-state index in [0.717, 1.165) is 15.6 Å². The standard InChI is InChI=1S/C10H8N2OS2/c1-13-6-7-9(5-11)15-10(12-7)8-3-2-4-14-8/h2-4H,6H2,1H3. The number of aromatic nitrogens is 1. The summed E-state index contributed by atoms with van der Waals surface area (Å²) in [6.45, 7) is 0.394. The molecule has 0 saturated heterocycles. The van der Waals surface area contributed by atoms with E-state index in [1.807, 2.05) is 17.5 Å². The fraction of sp³-hybridized carbons (Fsp3) is 0.200. The molecule has 5 heteroatoms. The minimum absolute atomic E-state index is 0.394. The zero-order valence-corrected chi connectivity index (χ0v) is 9.69. The second-order valence-electron chi connectivity index (χ2n) is 2.82. The minimum Gasteiger partial charge on any atom is -0.378 e. The van der Waals surface area contributed by atoms with Crippen molar-refractivity contribution in [3.63, 3.8) is 0 Å². The van der Waals surface area contributed by atoms with E-state index < -0.39 is 0 Å². The van der Waals surface area contributed by atoms with Crippen LogP contribution in [-0.4, -0.2) is 12.1 Å². The molecule has 0 bridgehead atoms. The maximum atomic E-state index is 8.92. The van der Waals surface area contributed by atoms with Crippen molar-refractivity contribution in [3.05, 3.63) is 28.1 Å². The first kappa shape index (κ1) is 10.3. The van der Waals surface area contributed by atoms with Gasteiger partial charge in [0.25, 0.3) is 0 Å². The van der Waals surface area contributed by atoms with Crippen LogP contribution in [0.1, 0.15) is 10.6 Å². The molecule has 0 spiro atoms. The van der Waals surface area contributed by atoms with Crippen LogP contribution in [0, 0.1) is 11.3 Å². The van der Waals surface area contributed by atoms with Crippen molar-refractivity contribution in [3.8, 4) is 16.0 Å². The van der Waals surface area contributed by atoms with Gasteiger partial charge in [-0.3, -0.25) is 0 Å². The summed E-state index contributed by atoms with van der Waals surface area (Å²) >= 11 is 3.04. The molecular formula is C10H8N2OS2. The van der Waals surface area contributed by atoms with E-state index in [-0.39, 0.29) is 0 Å². The van der Waals surface area contributed by atoms with Crippen LogP contribution in [0.4, 0.5) is 0 Å². The Kier molecular flexibility index (Phi) is 3.11. The van der Waals surface area contributed by atoms with Crippen LogP contribution in [0.5, 0.6) is 0 Å². The van der Waals surface area contributed by atoms with Crippen LogP contribution in [0.3, 0.4) is 0 Å². The molecule has 2 heterocycles. The summed E-state index contributed by atoms with van der Waals surface area (Å²) in [5.41, 5.74) is 0.730. The van der Waals surface area contributed by atoms with Crippen molar-refractivity contribution < 1.29 is 4.74 Å². The van der Waals surface area contributed by atoms with Crippen LogP contribution in [0.2, 0.25) is 0 Å². The molecule has 2 aromatic rings. The number of thiazole rings is 1. The minimum atomic E-state index is 0.394. The van der Waals surface area contributed by atoms with Crippen molar-refractivity contribution in [2.75, 3.05) is 7.11 Å². The lowest BCUT2D eigenvalue weighted by Gasteiger charge is -1.92. The number of thiophene rings is 1. The van der Waals surface area contributed by atoms with E-state index in [1.165, 1.54) is 11.3 Å². The Labute approximate surface area is 95.6 Å². The average Bonchev–Trinajstić information content (AvgIpc) is 2.84. The third kappa shape index (κ3) is 2.07. The van der Waals surface area contributed by atoms with Crippen molar-refractivity contribution in [1.82, 2.24) is 4.98 Å². The summed E-state index contributed by atoms with van der Waals surface area (Å²) in [6, 6.07) is 6.12. The average molecular weight is 236 g/mol. The van der Waals surface area contributed by atoms with Gasteiger partial charge in [-0.2, -0.15) is 5.26 Å². The molecule has 15 heavy (non-hydrogen) atoms. The van der Waals surface area contributed by atoms with Crippen LogP contribution < -0.4 is 0 Å². The van der Waals surface area contributed by atoms with Gasteiger partial charge in [0.05, 0.1) is 17.2 Å². The number of nitrogens with zero attached hydrogens (tertiary/aromatic N) is 2. The second-order valence-corrected chi connectivity index (χ2v) is 4.76. The third-order valence-electron chi connectivity index (χ3n) is 1.81. The predicted octanol–water partition coefficient (Wildman–Crippen LogP) is 2.89. The Morgan fingerprint density at radius 2 is 2.47 bits per heavy atom. The van der Waals surface area contributed by atoms with Crippen molar-refractivity contribution in [2.45, 2.75) is 6.61 Å². The first-order chi connectivity index (χ1) is 7.35. The highest BCUT2D eigenvalue weighted by Crippen LogP contribution is 2.30. The molecular weight excluding hydrogens is 228 g/mol. The third-order valence-corrected chi connectivity index (χ3v) is 3.85. The Hall–Kier alpha value is -1.22. The lowest BCUT2D eigenvalue weighted by atomic mass is 10.4. The highest BCUT2D eigenvalue weighted by molar-refractivity contribution is 7.21. The molecule has 0 unspecified atom stereocenters. The highest BCUT2D eigenvalue weighted by atomic mass is 32.1. The number of rotatable bonds is 3. The van der Waals surface area contributed by atoms with E-state index in [4.69, 9.17) is 10.00 Å². The summed E-state index contributed by atoms with van der Waals surface area (Å²) < 4.78 is 5.00. The predicted molar refractivity (Wildman–Crippen MR) is 60.9 cm³/mol. The van der Waals surface area contributed by atoms with Crippen LogP contribution >= 0.6 is 22.7 Å². The van der Waals surface area contributed by atoms with Crippen LogP contribution in [0.15, 0.2) is 17.5 Å². The number of hydrogen-bond acceptors (Lipinski definition) is 5. The van der Waals surface area contributed by atoms with Gasteiger partial charge in [0.2, 0.25) is 0 Å². The molecule has 0 saturated carbocycles. The monoisotopic (exact) mass is 236 g/mol. The van der Waals surface area contributed by atoms with Gasteiger partial charge in [0, 0.05) is 7.11 Å². The first-order valence-corrected chi connectivity index (χ1v) is 5.97. The quantitative estimate of drug-likeness (QED) is 0.823. The molecule has 0 aliphatic rings. The Morgan fingerprint density at radius 3 is 3.07 bits per heavy atom. The van der Waals surface area contributed by atoms with Crippen molar-refractivity contribution in [2.24, 2.45) is 0 Å². The molecule has 2 rings (SSSR count). The maximum Gasteiger partial charge on any atom is 0.135 e. The number of ether oxygens (including phenoxy) is 1. The normalized spacial score (nSPS) is 10.1. The molecule has 0 atom stereocenters. The van der Waals surface area contributed by atoms with Gasteiger partial charge >= 0.3 is 0 Å². The Balaban J connectivity index is 2.40. The fourth-order valence-corrected chi connectivity index (χ4v) is 2.84. The van der Waals surface area contributed by atoms with Crippen LogP contribution in [0.25, 0.3) is 9.88 Å². The molecule has 3 nitrogen and oxygen atoms in total. The number of methoxy groups -OCH3 is 1.